The van der Waals surface area contributed by atoms with Crippen LogP contribution in [0.3, 0.4) is 0 Å². The summed E-state index contributed by atoms with van der Waals surface area (Å²) in [6.45, 7) is 0.737. The molecule has 0 aliphatic carbocycles. The molecule has 1 aromatic carbocycles. The van der Waals surface area contributed by atoms with E-state index < -0.39 is 0 Å². The van der Waals surface area contributed by atoms with Crippen LogP contribution in [-0.2, 0) is 6.54 Å². The first kappa shape index (κ1) is 12.6. The third kappa shape index (κ3) is 3.12. The van der Waals surface area contributed by atoms with Gasteiger partial charge in [-0.1, -0.05) is 23.7 Å². The van der Waals surface area contributed by atoms with Gasteiger partial charge in [0, 0.05) is 27.7 Å². The topological polar surface area (TPSA) is 37.8 Å². The molecule has 0 atom stereocenters. The van der Waals surface area contributed by atoms with Crippen LogP contribution in [0.25, 0.3) is 11.3 Å². The van der Waals surface area contributed by atoms with Crippen molar-refractivity contribution in [2.24, 2.45) is 0 Å². The molecule has 0 amide bonds. The maximum Gasteiger partial charge on any atom is 0.183 e. The molecule has 0 fully saturated rings. The lowest BCUT2D eigenvalue weighted by Gasteiger charge is -2.05. The molecule has 2 heterocycles. The summed E-state index contributed by atoms with van der Waals surface area (Å²) in [7, 11) is 0. The molecule has 3 aromatic rings. The SMILES string of the molecule is Clc1ncc(CNc2ccc(-c3cscn3)cc2)s1. The van der Waals surface area contributed by atoms with Gasteiger partial charge < -0.3 is 5.32 Å². The summed E-state index contributed by atoms with van der Waals surface area (Å²) in [6, 6.07) is 8.24. The number of halogens is 1. The van der Waals surface area contributed by atoms with Crippen LogP contribution in [0.4, 0.5) is 5.69 Å². The molecule has 3 rings (SSSR count). The number of hydrogen-bond donors (Lipinski definition) is 1. The van der Waals surface area contributed by atoms with Gasteiger partial charge >= 0.3 is 0 Å². The smallest absolute Gasteiger partial charge is 0.183 e. The quantitative estimate of drug-likeness (QED) is 0.769. The molecular formula is C13H10ClN3S2. The maximum atomic E-state index is 5.79. The molecule has 0 bridgehead atoms. The van der Waals surface area contributed by atoms with Crippen LogP contribution in [0, 0.1) is 0 Å². The Labute approximate surface area is 123 Å². The Morgan fingerprint density at radius 3 is 2.63 bits per heavy atom. The predicted octanol–water partition coefficient (Wildman–Crippen LogP) is 4.53. The minimum atomic E-state index is 0.579. The molecule has 96 valence electrons. The first-order valence-electron chi connectivity index (χ1n) is 5.64. The Morgan fingerprint density at radius 2 is 2.00 bits per heavy atom. The molecule has 0 aliphatic heterocycles. The fourth-order valence-electron chi connectivity index (χ4n) is 1.67. The fraction of sp³-hybridized carbons (Fsp3) is 0.0769. The number of nitrogens with zero attached hydrogens (tertiary/aromatic N) is 2. The van der Waals surface area contributed by atoms with Gasteiger partial charge in [-0.3, -0.25) is 0 Å². The Morgan fingerprint density at radius 1 is 1.16 bits per heavy atom. The molecule has 0 unspecified atom stereocenters. The number of thiazole rings is 2. The third-order valence-electron chi connectivity index (χ3n) is 2.61. The van der Waals surface area contributed by atoms with Crippen LogP contribution in [-0.4, -0.2) is 9.97 Å². The van der Waals surface area contributed by atoms with Gasteiger partial charge in [0.2, 0.25) is 0 Å². The van der Waals surface area contributed by atoms with Crippen LogP contribution in [0.5, 0.6) is 0 Å². The molecule has 2 aromatic heterocycles. The molecule has 0 spiro atoms. The van der Waals surface area contributed by atoms with Gasteiger partial charge in [0.15, 0.2) is 4.47 Å². The molecule has 0 saturated heterocycles. The van der Waals surface area contributed by atoms with Crippen molar-refractivity contribution in [2.75, 3.05) is 5.32 Å². The highest BCUT2D eigenvalue weighted by Gasteiger charge is 2.01. The lowest BCUT2D eigenvalue weighted by atomic mass is 10.1. The van der Waals surface area contributed by atoms with Crippen LogP contribution < -0.4 is 5.32 Å². The number of nitrogens with one attached hydrogen (secondary N) is 1. The minimum absolute atomic E-state index is 0.579. The summed E-state index contributed by atoms with van der Waals surface area (Å²) in [5, 5.41) is 5.38. The summed E-state index contributed by atoms with van der Waals surface area (Å²) < 4.78 is 0.579. The van der Waals surface area contributed by atoms with Gasteiger partial charge in [-0.25, -0.2) is 9.97 Å². The van der Waals surface area contributed by atoms with Gasteiger partial charge in [0.1, 0.15) is 0 Å². The van der Waals surface area contributed by atoms with Gasteiger partial charge in [0.05, 0.1) is 17.7 Å². The number of hydrogen-bond acceptors (Lipinski definition) is 5. The highest BCUT2D eigenvalue weighted by molar-refractivity contribution is 7.15. The second-order valence-corrected chi connectivity index (χ2v) is 6.30. The largest absolute Gasteiger partial charge is 0.380 e. The summed E-state index contributed by atoms with van der Waals surface area (Å²) in [4.78, 5) is 9.42. The van der Waals surface area contributed by atoms with Gasteiger partial charge in [0.25, 0.3) is 0 Å². The van der Waals surface area contributed by atoms with E-state index in [4.69, 9.17) is 11.6 Å². The van der Waals surface area contributed by atoms with Crippen molar-refractivity contribution in [2.45, 2.75) is 6.54 Å². The van der Waals surface area contributed by atoms with E-state index in [0.29, 0.717) is 4.47 Å². The second-order valence-electron chi connectivity index (χ2n) is 3.88. The monoisotopic (exact) mass is 307 g/mol. The first-order valence-corrected chi connectivity index (χ1v) is 7.78. The van der Waals surface area contributed by atoms with Gasteiger partial charge in [-0.2, -0.15) is 0 Å². The molecule has 0 saturated carbocycles. The zero-order chi connectivity index (χ0) is 13.1. The van der Waals surface area contributed by atoms with Gasteiger partial charge in [-0.15, -0.1) is 22.7 Å². The lowest BCUT2D eigenvalue weighted by molar-refractivity contribution is 1.17. The zero-order valence-electron chi connectivity index (χ0n) is 9.84. The highest BCUT2D eigenvalue weighted by atomic mass is 35.5. The van der Waals surface area contributed by atoms with Crippen LogP contribution in [0.1, 0.15) is 4.88 Å². The van der Waals surface area contributed by atoms with Crippen molar-refractivity contribution >= 4 is 40.0 Å². The van der Waals surface area contributed by atoms with Crippen molar-refractivity contribution in [3.8, 4) is 11.3 Å². The average Bonchev–Trinajstić information content (AvgIpc) is 3.08. The molecular weight excluding hydrogens is 298 g/mol. The van der Waals surface area contributed by atoms with E-state index in [1.54, 1.807) is 17.5 Å². The summed E-state index contributed by atoms with van der Waals surface area (Å²) in [5.74, 6) is 0. The van der Waals surface area contributed by atoms with E-state index in [2.05, 4.69) is 39.6 Å². The molecule has 6 heteroatoms. The standard InChI is InChI=1S/C13H10ClN3S2/c14-13-16-6-11(19-13)5-15-10-3-1-9(2-4-10)12-7-18-8-17-12/h1-4,6-8,15H,5H2. The van der Waals surface area contributed by atoms with E-state index in [1.165, 1.54) is 11.3 Å². The minimum Gasteiger partial charge on any atom is -0.380 e. The molecule has 1 N–H and O–H groups in total. The number of benzene rings is 1. The number of anilines is 1. The average molecular weight is 308 g/mol. The van der Waals surface area contributed by atoms with Crippen molar-refractivity contribution in [3.05, 3.63) is 50.7 Å². The third-order valence-corrected chi connectivity index (χ3v) is 4.31. The fourth-order valence-corrected chi connectivity index (χ4v) is 3.15. The Bertz CT molecular complexity index is 647. The Kier molecular flexibility index (Phi) is 3.77. The summed E-state index contributed by atoms with van der Waals surface area (Å²) in [6.07, 6.45) is 1.80. The predicted molar refractivity (Wildman–Crippen MR) is 82.0 cm³/mol. The number of aromatic nitrogens is 2. The zero-order valence-corrected chi connectivity index (χ0v) is 12.2. The molecule has 3 nitrogen and oxygen atoms in total. The highest BCUT2D eigenvalue weighted by Crippen LogP contribution is 2.22. The van der Waals surface area contributed by atoms with E-state index in [9.17, 15) is 0 Å². The van der Waals surface area contributed by atoms with Crippen molar-refractivity contribution in [1.29, 1.82) is 0 Å². The second kappa shape index (κ2) is 5.69. The first-order chi connectivity index (χ1) is 9.31. The van der Waals surface area contributed by atoms with E-state index in [0.717, 1.165) is 28.4 Å². The van der Waals surface area contributed by atoms with E-state index in [1.807, 2.05) is 10.9 Å². The van der Waals surface area contributed by atoms with Crippen molar-refractivity contribution < 1.29 is 0 Å². The Hall–Kier alpha value is -1.43. The van der Waals surface area contributed by atoms with E-state index >= 15 is 0 Å². The van der Waals surface area contributed by atoms with Crippen LogP contribution in [0.2, 0.25) is 4.47 Å². The maximum absolute atomic E-state index is 5.79. The Balaban J connectivity index is 1.66. The van der Waals surface area contributed by atoms with Gasteiger partial charge in [-0.05, 0) is 12.1 Å². The lowest BCUT2D eigenvalue weighted by Crippen LogP contribution is -1.96. The summed E-state index contributed by atoms with van der Waals surface area (Å²) >= 11 is 8.89. The molecule has 19 heavy (non-hydrogen) atoms. The van der Waals surface area contributed by atoms with Crippen molar-refractivity contribution in [3.63, 3.8) is 0 Å². The van der Waals surface area contributed by atoms with Crippen LogP contribution in [0.15, 0.2) is 41.4 Å². The normalized spacial score (nSPS) is 10.6. The molecule has 0 aliphatic rings. The molecule has 0 radical (unpaired) electrons. The van der Waals surface area contributed by atoms with Crippen molar-refractivity contribution in [1.82, 2.24) is 9.97 Å². The summed E-state index contributed by atoms with van der Waals surface area (Å²) in [5.41, 5.74) is 5.07. The van der Waals surface area contributed by atoms with Crippen LogP contribution >= 0.6 is 34.3 Å². The number of rotatable bonds is 4. The van der Waals surface area contributed by atoms with E-state index in [-0.39, 0.29) is 0 Å².